The lowest BCUT2D eigenvalue weighted by Crippen LogP contribution is -2.45. The van der Waals surface area contributed by atoms with E-state index in [0.29, 0.717) is 51.0 Å². The van der Waals surface area contributed by atoms with Gasteiger partial charge in [-0.25, -0.2) is 0 Å². The van der Waals surface area contributed by atoms with E-state index in [1.165, 1.54) is 0 Å². The van der Waals surface area contributed by atoms with Crippen molar-refractivity contribution < 1.29 is 14.3 Å². The van der Waals surface area contributed by atoms with Crippen molar-refractivity contribution in [3.63, 3.8) is 0 Å². The standard InChI is InChI=1S/C15H21ClN2O3/c1-17(12-15(19)18-7-9-20-10-8-18)6-11-21-14-4-2-13(16)3-5-14/h2-5H,6-12H2,1H3. The fraction of sp³-hybridized carbons (Fsp3) is 0.533. The van der Waals surface area contributed by atoms with Crippen LogP contribution in [0.2, 0.25) is 5.02 Å². The van der Waals surface area contributed by atoms with Gasteiger partial charge in [0.15, 0.2) is 0 Å². The smallest absolute Gasteiger partial charge is 0.236 e. The Kier molecular flexibility index (Phi) is 6.29. The summed E-state index contributed by atoms with van der Waals surface area (Å²) in [5.41, 5.74) is 0. The van der Waals surface area contributed by atoms with Gasteiger partial charge in [-0.15, -0.1) is 0 Å². The van der Waals surface area contributed by atoms with E-state index in [9.17, 15) is 4.79 Å². The number of ether oxygens (including phenoxy) is 2. The molecule has 1 aliphatic rings. The van der Waals surface area contributed by atoms with Crippen LogP contribution in [-0.4, -0.2) is 68.8 Å². The Morgan fingerprint density at radius 1 is 1.33 bits per heavy atom. The van der Waals surface area contributed by atoms with Crippen LogP contribution in [0.3, 0.4) is 0 Å². The van der Waals surface area contributed by atoms with Gasteiger partial charge in [0.05, 0.1) is 19.8 Å². The molecule has 1 saturated heterocycles. The van der Waals surface area contributed by atoms with Crippen LogP contribution in [0.1, 0.15) is 0 Å². The molecule has 5 nitrogen and oxygen atoms in total. The summed E-state index contributed by atoms with van der Waals surface area (Å²) in [7, 11) is 1.92. The van der Waals surface area contributed by atoms with E-state index >= 15 is 0 Å². The molecule has 0 bridgehead atoms. The van der Waals surface area contributed by atoms with Crippen LogP contribution in [0.5, 0.6) is 5.75 Å². The van der Waals surface area contributed by atoms with Crippen molar-refractivity contribution in [1.29, 1.82) is 0 Å². The summed E-state index contributed by atoms with van der Waals surface area (Å²) in [6.45, 7) is 4.28. The molecule has 0 spiro atoms. The summed E-state index contributed by atoms with van der Waals surface area (Å²) in [5.74, 6) is 0.930. The molecule has 6 heteroatoms. The first-order chi connectivity index (χ1) is 10.1. The highest BCUT2D eigenvalue weighted by Gasteiger charge is 2.17. The lowest BCUT2D eigenvalue weighted by molar-refractivity contribution is -0.136. The molecule has 0 N–H and O–H groups in total. The maximum absolute atomic E-state index is 12.1. The number of morpholine rings is 1. The molecule has 1 aliphatic heterocycles. The molecule has 21 heavy (non-hydrogen) atoms. The molecular weight excluding hydrogens is 292 g/mol. The van der Waals surface area contributed by atoms with Gasteiger partial charge in [-0.2, -0.15) is 0 Å². The van der Waals surface area contributed by atoms with Gasteiger partial charge < -0.3 is 14.4 Å². The molecule has 2 rings (SSSR count). The number of rotatable bonds is 6. The Labute approximate surface area is 130 Å². The zero-order chi connectivity index (χ0) is 15.1. The molecule has 1 aromatic carbocycles. The Morgan fingerprint density at radius 2 is 2.00 bits per heavy atom. The third-order valence-electron chi connectivity index (χ3n) is 3.32. The van der Waals surface area contributed by atoms with Crippen LogP contribution >= 0.6 is 11.6 Å². The van der Waals surface area contributed by atoms with Crippen molar-refractivity contribution in [2.45, 2.75) is 0 Å². The maximum atomic E-state index is 12.1. The molecule has 0 unspecified atom stereocenters. The molecular formula is C15H21ClN2O3. The highest BCUT2D eigenvalue weighted by Crippen LogP contribution is 2.15. The lowest BCUT2D eigenvalue weighted by Gasteiger charge is -2.28. The quantitative estimate of drug-likeness (QED) is 0.798. The number of hydrogen-bond acceptors (Lipinski definition) is 4. The third kappa shape index (κ3) is 5.53. The summed E-state index contributed by atoms with van der Waals surface area (Å²) in [6, 6.07) is 7.26. The van der Waals surface area contributed by atoms with Crippen LogP contribution in [0.15, 0.2) is 24.3 Å². The second kappa shape index (κ2) is 8.22. The zero-order valence-corrected chi connectivity index (χ0v) is 13.0. The van der Waals surface area contributed by atoms with Crippen LogP contribution in [0.25, 0.3) is 0 Å². The highest BCUT2D eigenvalue weighted by molar-refractivity contribution is 6.30. The maximum Gasteiger partial charge on any atom is 0.236 e. The van der Waals surface area contributed by atoms with E-state index in [1.54, 1.807) is 12.1 Å². The number of carbonyl (C=O) groups excluding carboxylic acids is 1. The number of amides is 1. The average molecular weight is 313 g/mol. The second-order valence-electron chi connectivity index (χ2n) is 5.03. The summed E-state index contributed by atoms with van der Waals surface area (Å²) in [4.78, 5) is 15.9. The molecule has 116 valence electrons. The van der Waals surface area contributed by atoms with Crippen LogP contribution in [-0.2, 0) is 9.53 Å². The number of likely N-dealkylation sites (N-methyl/N-ethyl adjacent to an activating group) is 1. The predicted molar refractivity (Wildman–Crippen MR) is 81.8 cm³/mol. The summed E-state index contributed by atoms with van der Waals surface area (Å²) >= 11 is 5.81. The minimum Gasteiger partial charge on any atom is -0.492 e. The van der Waals surface area contributed by atoms with E-state index in [1.807, 2.05) is 29.0 Å². The van der Waals surface area contributed by atoms with Crippen molar-refractivity contribution >= 4 is 17.5 Å². The van der Waals surface area contributed by atoms with Crippen molar-refractivity contribution in [1.82, 2.24) is 9.80 Å². The van der Waals surface area contributed by atoms with E-state index in [2.05, 4.69) is 0 Å². The van der Waals surface area contributed by atoms with Gasteiger partial charge in [0, 0.05) is 24.7 Å². The zero-order valence-electron chi connectivity index (χ0n) is 12.3. The second-order valence-corrected chi connectivity index (χ2v) is 5.47. The van der Waals surface area contributed by atoms with Crippen molar-refractivity contribution in [2.24, 2.45) is 0 Å². The van der Waals surface area contributed by atoms with Crippen LogP contribution < -0.4 is 4.74 Å². The Morgan fingerprint density at radius 3 is 2.67 bits per heavy atom. The molecule has 0 atom stereocenters. The van der Waals surface area contributed by atoms with Gasteiger partial charge in [-0.3, -0.25) is 9.69 Å². The Hall–Kier alpha value is -1.30. The lowest BCUT2D eigenvalue weighted by atomic mass is 10.3. The first-order valence-electron chi connectivity index (χ1n) is 7.07. The number of carbonyl (C=O) groups is 1. The number of benzene rings is 1. The molecule has 1 fully saturated rings. The fourth-order valence-electron chi connectivity index (χ4n) is 2.07. The third-order valence-corrected chi connectivity index (χ3v) is 3.58. The minimum atomic E-state index is 0.146. The molecule has 0 saturated carbocycles. The normalized spacial score (nSPS) is 15.3. The summed E-state index contributed by atoms with van der Waals surface area (Å²) in [6.07, 6.45) is 0. The van der Waals surface area contributed by atoms with Gasteiger partial charge in [0.2, 0.25) is 5.91 Å². The topological polar surface area (TPSA) is 42.0 Å². The Bertz CT molecular complexity index is 447. The highest BCUT2D eigenvalue weighted by atomic mass is 35.5. The fourth-order valence-corrected chi connectivity index (χ4v) is 2.20. The number of halogens is 1. The van der Waals surface area contributed by atoms with Gasteiger partial charge in [0.25, 0.3) is 0 Å². The molecule has 1 aromatic rings. The van der Waals surface area contributed by atoms with E-state index in [0.717, 1.165) is 5.75 Å². The first kappa shape index (κ1) is 16.1. The SMILES string of the molecule is CN(CCOc1ccc(Cl)cc1)CC(=O)N1CCOCC1. The van der Waals surface area contributed by atoms with Gasteiger partial charge in [-0.1, -0.05) is 11.6 Å². The summed E-state index contributed by atoms with van der Waals surface area (Å²) in [5, 5.41) is 0.690. The van der Waals surface area contributed by atoms with Crippen molar-refractivity contribution in [2.75, 3.05) is 53.0 Å². The van der Waals surface area contributed by atoms with Crippen LogP contribution in [0, 0.1) is 0 Å². The molecule has 0 aliphatic carbocycles. The predicted octanol–water partition coefficient (Wildman–Crippen LogP) is 1.51. The van der Waals surface area contributed by atoms with Gasteiger partial charge in [-0.05, 0) is 31.3 Å². The van der Waals surface area contributed by atoms with Crippen molar-refractivity contribution in [3.05, 3.63) is 29.3 Å². The first-order valence-corrected chi connectivity index (χ1v) is 7.45. The number of hydrogen-bond donors (Lipinski definition) is 0. The molecule has 1 heterocycles. The monoisotopic (exact) mass is 312 g/mol. The Balaban J connectivity index is 1.65. The van der Waals surface area contributed by atoms with Crippen molar-refractivity contribution in [3.8, 4) is 5.75 Å². The minimum absolute atomic E-state index is 0.146. The van der Waals surface area contributed by atoms with Crippen LogP contribution in [0.4, 0.5) is 0 Å². The molecule has 0 radical (unpaired) electrons. The number of nitrogens with zero attached hydrogens (tertiary/aromatic N) is 2. The van der Waals surface area contributed by atoms with Gasteiger partial charge >= 0.3 is 0 Å². The molecule has 1 amide bonds. The molecule has 0 aromatic heterocycles. The average Bonchev–Trinajstić information content (AvgIpc) is 2.50. The van der Waals surface area contributed by atoms with E-state index < -0.39 is 0 Å². The van der Waals surface area contributed by atoms with Gasteiger partial charge in [0.1, 0.15) is 12.4 Å². The summed E-state index contributed by atoms with van der Waals surface area (Å²) < 4.78 is 10.9. The van der Waals surface area contributed by atoms with E-state index in [4.69, 9.17) is 21.1 Å². The largest absolute Gasteiger partial charge is 0.492 e. The van der Waals surface area contributed by atoms with E-state index in [-0.39, 0.29) is 5.91 Å².